The molecule has 0 amide bonds. The van der Waals surface area contributed by atoms with Gasteiger partial charge in [0.25, 0.3) is 0 Å². The van der Waals surface area contributed by atoms with Gasteiger partial charge in [-0.15, -0.1) is 0 Å². The first-order valence-electron chi connectivity index (χ1n) is 5.97. The monoisotopic (exact) mass is 293 g/mol. The highest BCUT2D eigenvalue weighted by molar-refractivity contribution is 7.84. The Morgan fingerprint density at radius 3 is 2.53 bits per heavy atom. The predicted octanol–water partition coefficient (Wildman–Crippen LogP) is 3.85. The molecule has 1 unspecified atom stereocenters. The molecule has 0 fully saturated rings. The van der Waals surface area contributed by atoms with Crippen LogP contribution in [0.3, 0.4) is 0 Å². The van der Waals surface area contributed by atoms with E-state index in [1.807, 2.05) is 32.0 Å². The lowest BCUT2D eigenvalue weighted by Gasteiger charge is -2.09. The quantitative estimate of drug-likeness (QED) is 0.874. The van der Waals surface area contributed by atoms with Crippen LogP contribution in [0.25, 0.3) is 0 Å². The molecule has 2 aromatic carbocycles. The zero-order valence-corrected chi connectivity index (χ0v) is 12.5. The molecule has 0 aliphatic carbocycles. The second-order valence-electron chi connectivity index (χ2n) is 4.54. The summed E-state index contributed by atoms with van der Waals surface area (Å²) >= 11 is 6.10. The Morgan fingerprint density at radius 1 is 1.16 bits per heavy atom. The third-order valence-electron chi connectivity index (χ3n) is 3.17. The maximum absolute atomic E-state index is 12.4. The molecular formula is C15H16ClNOS. The van der Waals surface area contributed by atoms with Crippen molar-refractivity contribution in [2.45, 2.75) is 24.5 Å². The summed E-state index contributed by atoms with van der Waals surface area (Å²) in [5.74, 6) is 0.341. The smallest absolute Gasteiger partial charge is 0.0575 e. The van der Waals surface area contributed by atoms with Crippen molar-refractivity contribution < 1.29 is 4.21 Å². The van der Waals surface area contributed by atoms with Gasteiger partial charge in [0.2, 0.25) is 0 Å². The Hall–Kier alpha value is -1.32. The van der Waals surface area contributed by atoms with Crippen LogP contribution in [0.15, 0.2) is 41.3 Å². The number of nitrogen functional groups attached to an aromatic ring is 1. The average molecular weight is 294 g/mol. The van der Waals surface area contributed by atoms with Gasteiger partial charge in [0, 0.05) is 21.2 Å². The van der Waals surface area contributed by atoms with Gasteiger partial charge in [0.1, 0.15) is 0 Å². The number of rotatable bonds is 3. The minimum absolute atomic E-state index is 0.341. The van der Waals surface area contributed by atoms with E-state index in [-0.39, 0.29) is 0 Å². The first-order chi connectivity index (χ1) is 8.99. The van der Waals surface area contributed by atoms with Crippen molar-refractivity contribution in [1.29, 1.82) is 0 Å². The van der Waals surface area contributed by atoms with E-state index in [1.165, 1.54) is 5.56 Å². The van der Waals surface area contributed by atoms with E-state index in [1.54, 1.807) is 18.2 Å². The van der Waals surface area contributed by atoms with Crippen LogP contribution in [-0.4, -0.2) is 4.21 Å². The lowest BCUT2D eigenvalue weighted by molar-refractivity contribution is 0.682. The van der Waals surface area contributed by atoms with Crippen LogP contribution in [0.1, 0.15) is 16.7 Å². The first-order valence-corrected chi connectivity index (χ1v) is 7.67. The molecular weight excluding hydrogens is 278 g/mol. The molecule has 2 aromatic rings. The van der Waals surface area contributed by atoms with Gasteiger partial charge in [0.05, 0.1) is 16.6 Å². The molecule has 4 heteroatoms. The Kier molecular flexibility index (Phi) is 4.27. The molecule has 0 aliphatic rings. The van der Waals surface area contributed by atoms with Crippen LogP contribution in [-0.2, 0) is 16.6 Å². The van der Waals surface area contributed by atoms with Crippen molar-refractivity contribution in [2.75, 3.05) is 5.73 Å². The molecule has 0 bridgehead atoms. The van der Waals surface area contributed by atoms with E-state index in [2.05, 4.69) is 0 Å². The molecule has 0 heterocycles. The number of hydrogen-bond donors (Lipinski definition) is 1. The first kappa shape index (κ1) is 14.1. The van der Waals surface area contributed by atoms with Crippen molar-refractivity contribution in [3.8, 4) is 0 Å². The summed E-state index contributed by atoms with van der Waals surface area (Å²) in [6.45, 7) is 4.05. The lowest BCUT2D eigenvalue weighted by atomic mass is 10.1. The molecule has 1 atom stereocenters. The fourth-order valence-corrected chi connectivity index (χ4v) is 3.40. The van der Waals surface area contributed by atoms with Crippen molar-refractivity contribution in [3.05, 3.63) is 58.1 Å². The van der Waals surface area contributed by atoms with Crippen molar-refractivity contribution in [1.82, 2.24) is 0 Å². The number of hydrogen-bond acceptors (Lipinski definition) is 2. The van der Waals surface area contributed by atoms with Crippen LogP contribution < -0.4 is 5.73 Å². The molecule has 2 nitrogen and oxygen atoms in total. The third kappa shape index (κ3) is 3.17. The Balaban J connectivity index is 2.28. The van der Waals surface area contributed by atoms with E-state index in [9.17, 15) is 4.21 Å². The van der Waals surface area contributed by atoms with E-state index in [0.717, 1.165) is 16.0 Å². The zero-order chi connectivity index (χ0) is 14.0. The number of aryl methyl sites for hydroxylation is 2. The maximum Gasteiger partial charge on any atom is 0.0575 e. The van der Waals surface area contributed by atoms with E-state index >= 15 is 0 Å². The van der Waals surface area contributed by atoms with Crippen molar-refractivity contribution in [3.63, 3.8) is 0 Å². The summed E-state index contributed by atoms with van der Waals surface area (Å²) in [5, 5.41) is 0.567. The summed E-state index contributed by atoms with van der Waals surface area (Å²) in [7, 11) is -1.14. The molecule has 2 rings (SSSR count). The topological polar surface area (TPSA) is 43.1 Å². The lowest BCUT2D eigenvalue weighted by Crippen LogP contribution is -2.02. The predicted molar refractivity (Wildman–Crippen MR) is 81.9 cm³/mol. The Bertz CT molecular complexity index is 620. The SMILES string of the molecule is Cc1ccc(S(=O)Cc2c(N)cccc2Cl)cc1C. The van der Waals surface area contributed by atoms with Gasteiger partial charge >= 0.3 is 0 Å². The molecule has 0 saturated carbocycles. The number of anilines is 1. The summed E-state index contributed by atoms with van der Waals surface area (Å²) in [5.41, 5.74) is 9.55. The second kappa shape index (κ2) is 5.76. The highest BCUT2D eigenvalue weighted by Gasteiger charge is 2.11. The average Bonchev–Trinajstić information content (AvgIpc) is 2.37. The summed E-state index contributed by atoms with van der Waals surface area (Å²) in [6, 6.07) is 11.2. The van der Waals surface area contributed by atoms with Crippen LogP contribution >= 0.6 is 11.6 Å². The van der Waals surface area contributed by atoms with Gasteiger partial charge in [-0.1, -0.05) is 23.7 Å². The standard InChI is InChI=1S/C15H16ClNOS/c1-10-6-7-12(8-11(10)2)19(18)9-13-14(16)4-3-5-15(13)17/h3-8H,9,17H2,1-2H3. The van der Waals surface area contributed by atoms with Gasteiger partial charge < -0.3 is 5.73 Å². The highest BCUT2D eigenvalue weighted by Crippen LogP contribution is 2.25. The Morgan fingerprint density at radius 2 is 1.89 bits per heavy atom. The molecule has 0 spiro atoms. The minimum atomic E-state index is -1.14. The zero-order valence-electron chi connectivity index (χ0n) is 10.9. The number of benzene rings is 2. The highest BCUT2D eigenvalue weighted by atomic mass is 35.5. The summed E-state index contributed by atoms with van der Waals surface area (Å²) in [6.07, 6.45) is 0. The van der Waals surface area contributed by atoms with Gasteiger partial charge in [-0.25, -0.2) is 0 Å². The van der Waals surface area contributed by atoms with Gasteiger partial charge in [-0.3, -0.25) is 4.21 Å². The molecule has 0 radical (unpaired) electrons. The Labute approximate surface area is 121 Å². The minimum Gasteiger partial charge on any atom is -0.398 e. The molecule has 0 aliphatic heterocycles. The maximum atomic E-state index is 12.4. The summed E-state index contributed by atoms with van der Waals surface area (Å²) < 4.78 is 12.4. The molecule has 0 saturated heterocycles. The largest absolute Gasteiger partial charge is 0.398 e. The number of halogens is 1. The molecule has 0 aromatic heterocycles. The fraction of sp³-hybridized carbons (Fsp3) is 0.200. The van der Waals surface area contributed by atoms with E-state index in [4.69, 9.17) is 17.3 Å². The normalized spacial score (nSPS) is 12.4. The molecule has 100 valence electrons. The van der Waals surface area contributed by atoms with Crippen LogP contribution in [0.5, 0.6) is 0 Å². The number of nitrogens with two attached hydrogens (primary N) is 1. The van der Waals surface area contributed by atoms with Crippen LogP contribution in [0, 0.1) is 13.8 Å². The van der Waals surface area contributed by atoms with Crippen molar-refractivity contribution in [2.24, 2.45) is 0 Å². The third-order valence-corrected chi connectivity index (χ3v) is 4.86. The van der Waals surface area contributed by atoms with E-state index in [0.29, 0.717) is 16.5 Å². The van der Waals surface area contributed by atoms with Gasteiger partial charge in [0.15, 0.2) is 0 Å². The van der Waals surface area contributed by atoms with Crippen LogP contribution in [0.2, 0.25) is 5.02 Å². The van der Waals surface area contributed by atoms with Crippen LogP contribution in [0.4, 0.5) is 5.69 Å². The van der Waals surface area contributed by atoms with E-state index < -0.39 is 10.8 Å². The summed E-state index contributed by atoms with van der Waals surface area (Å²) in [4.78, 5) is 0.808. The molecule has 19 heavy (non-hydrogen) atoms. The molecule has 2 N–H and O–H groups in total. The second-order valence-corrected chi connectivity index (χ2v) is 6.40. The van der Waals surface area contributed by atoms with Gasteiger partial charge in [-0.2, -0.15) is 0 Å². The van der Waals surface area contributed by atoms with Gasteiger partial charge in [-0.05, 0) is 49.2 Å². The fourth-order valence-electron chi connectivity index (χ4n) is 1.80. The van der Waals surface area contributed by atoms with Crippen molar-refractivity contribution >= 4 is 28.1 Å².